The molecule has 9 nitrogen and oxygen atoms in total. The van der Waals surface area contributed by atoms with E-state index >= 15 is 0 Å². The fourth-order valence-corrected chi connectivity index (χ4v) is 3.10. The second kappa shape index (κ2) is 6.80. The van der Waals surface area contributed by atoms with Crippen molar-refractivity contribution in [2.75, 3.05) is 31.1 Å². The first-order chi connectivity index (χ1) is 10.9. The number of nitriles is 1. The van der Waals surface area contributed by atoms with E-state index in [9.17, 15) is 20.0 Å². The number of hydrogen-bond donors (Lipinski definition) is 2. The summed E-state index contributed by atoms with van der Waals surface area (Å²) in [5.74, 6) is 0. The maximum Gasteiger partial charge on any atom is 0.407 e. The van der Waals surface area contributed by atoms with Crippen molar-refractivity contribution in [1.29, 1.82) is 5.26 Å². The van der Waals surface area contributed by atoms with Crippen molar-refractivity contribution in [1.82, 2.24) is 4.90 Å². The zero-order valence-corrected chi connectivity index (χ0v) is 13.4. The number of carboxylic acid groups (broad SMARTS) is 1. The molecule has 1 aliphatic rings. The van der Waals surface area contributed by atoms with Crippen molar-refractivity contribution >= 4 is 33.4 Å². The Morgan fingerprint density at radius 3 is 2.74 bits per heavy atom. The highest BCUT2D eigenvalue weighted by atomic mass is 79.9. The first-order valence-electron chi connectivity index (χ1n) is 6.62. The molecule has 2 rings (SSSR count). The highest BCUT2D eigenvalue weighted by Crippen LogP contribution is 2.34. The standard InChI is InChI=1S/C13H13BrN4O5/c14-10-4-11(18(22)23)8(5-15)3-12(10)16-1-2-17(13(20)21)9(6-16)7-19/h3-4,9,19H,1-2,6-7H2,(H,20,21)/t9-/m0/s1. The number of aliphatic hydroxyl groups is 1. The van der Waals surface area contributed by atoms with Gasteiger partial charge in [0.2, 0.25) is 0 Å². The largest absolute Gasteiger partial charge is 0.465 e. The third-order valence-corrected chi connectivity index (χ3v) is 4.30. The average molecular weight is 385 g/mol. The molecule has 1 aromatic rings. The molecule has 0 spiro atoms. The van der Waals surface area contributed by atoms with Crippen LogP contribution in [-0.2, 0) is 0 Å². The third kappa shape index (κ3) is 3.35. The molecule has 1 fully saturated rings. The van der Waals surface area contributed by atoms with Crippen molar-refractivity contribution in [3.05, 3.63) is 32.3 Å². The van der Waals surface area contributed by atoms with Crippen LogP contribution in [-0.4, -0.2) is 58.4 Å². The molecule has 0 radical (unpaired) electrons. The van der Waals surface area contributed by atoms with Crippen LogP contribution >= 0.6 is 15.9 Å². The van der Waals surface area contributed by atoms with Gasteiger partial charge in [-0.3, -0.25) is 15.0 Å². The maximum absolute atomic E-state index is 11.1. The Morgan fingerprint density at radius 1 is 1.52 bits per heavy atom. The minimum Gasteiger partial charge on any atom is -0.465 e. The van der Waals surface area contributed by atoms with Gasteiger partial charge >= 0.3 is 6.09 Å². The molecule has 122 valence electrons. The molecule has 1 atom stereocenters. The number of nitro groups is 1. The number of piperazine rings is 1. The molecule has 1 saturated heterocycles. The molecule has 0 aromatic heterocycles. The quantitative estimate of drug-likeness (QED) is 0.594. The summed E-state index contributed by atoms with van der Waals surface area (Å²) >= 11 is 3.25. The molecule has 1 aliphatic heterocycles. The van der Waals surface area contributed by atoms with Crippen LogP contribution in [0.4, 0.5) is 16.2 Å². The molecule has 1 aromatic carbocycles. The number of benzene rings is 1. The SMILES string of the molecule is N#Cc1cc(N2CCN(C(=O)O)[C@H](CO)C2)c(Br)cc1[N+](=O)[O-]. The number of rotatable bonds is 3. The summed E-state index contributed by atoms with van der Waals surface area (Å²) in [5, 5.41) is 38.5. The van der Waals surface area contributed by atoms with Crippen molar-refractivity contribution in [3.63, 3.8) is 0 Å². The third-order valence-electron chi connectivity index (χ3n) is 3.66. The van der Waals surface area contributed by atoms with Gasteiger partial charge < -0.3 is 15.1 Å². The van der Waals surface area contributed by atoms with E-state index in [0.29, 0.717) is 16.7 Å². The van der Waals surface area contributed by atoms with Gasteiger partial charge in [0.15, 0.2) is 0 Å². The van der Waals surface area contributed by atoms with Crippen LogP contribution in [0, 0.1) is 21.4 Å². The van der Waals surface area contributed by atoms with Crippen LogP contribution in [0.1, 0.15) is 5.56 Å². The molecule has 1 heterocycles. The topological polar surface area (TPSA) is 131 Å². The molecule has 0 unspecified atom stereocenters. The summed E-state index contributed by atoms with van der Waals surface area (Å²) in [6, 6.07) is 3.84. The summed E-state index contributed by atoms with van der Waals surface area (Å²) in [6.07, 6.45) is -1.11. The molecule has 0 bridgehead atoms. The Labute approximate surface area is 139 Å². The van der Waals surface area contributed by atoms with Crippen LogP contribution in [0.5, 0.6) is 0 Å². The second-order valence-electron chi connectivity index (χ2n) is 4.95. The highest BCUT2D eigenvalue weighted by molar-refractivity contribution is 9.10. The summed E-state index contributed by atoms with van der Waals surface area (Å²) in [6.45, 7) is 0.429. The van der Waals surface area contributed by atoms with Gasteiger partial charge in [0.25, 0.3) is 5.69 Å². The van der Waals surface area contributed by atoms with Crippen molar-refractivity contribution < 1.29 is 19.9 Å². The Hall–Kier alpha value is -2.38. The Balaban J connectivity index is 2.34. The molecule has 0 aliphatic carbocycles. The Morgan fingerprint density at radius 2 is 2.22 bits per heavy atom. The summed E-state index contributed by atoms with van der Waals surface area (Å²) < 4.78 is 0.434. The van der Waals surface area contributed by atoms with Gasteiger partial charge in [-0.25, -0.2) is 4.79 Å². The van der Waals surface area contributed by atoms with E-state index in [-0.39, 0.29) is 30.9 Å². The lowest BCUT2D eigenvalue weighted by molar-refractivity contribution is -0.385. The van der Waals surface area contributed by atoms with Crippen molar-refractivity contribution in [2.45, 2.75) is 6.04 Å². The minimum atomic E-state index is -1.11. The lowest BCUT2D eigenvalue weighted by Crippen LogP contribution is -2.56. The normalized spacial score (nSPS) is 17.7. The van der Waals surface area contributed by atoms with Gasteiger partial charge in [-0.2, -0.15) is 5.26 Å². The first kappa shape index (κ1) is 17.0. The maximum atomic E-state index is 11.1. The molecule has 23 heavy (non-hydrogen) atoms. The fraction of sp³-hybridized carbons (Fsp3) is 0.385. The molecule has 10 heteroatoms. The zero-order chi connectivity index (χ0) is 17.1. The first-order valence-corrected chi connectivity index (χ1v) is 7.41. The van der Waals surface area contributed by atoms with Gasteiger partial charge in [0.1, 0.15) is 11.6 Å². The van der Waals surface area contributed by atoms with E-state index in [4.69, 9.17) is 10.4 Å². The number of nitro benzene ring substituents is 1. The predicted octanol–water partition coefficient (Wildman–Crippen LogP) is 1.39. The minimum absolute atomic E-state index is 0.0746. The van der Waals surface area contributed by atoms with Gasteiger partial charge in [-0.15, -0.1) is 0 Å². The number of aliphatic hydroxyl groups excluding tert-OH is 1. The lowest BCUT2D eigenvalue weighted by atomic mass is 10.1. The van der Waals surface area contributed by atoms with Crippen LogP contribution in [0.15, 0.2) is 16.6 Å². The van der Waals surface area contributed by atoms with Gasteiger partial charge in [-0.1, -0.05) is 0 Å². The Bertz CT molecular complexity index is 690. The smallest absolute Gasteiger partial charge is 0.407 e. The number of amides is 1. The highest BCUT2D eigenvalue weighted by Gasteiger charge is 2.31. The van der Waals surface area contributed by atoms with E-state index in [1.165, 1.54) is 12.1 Å². The zero-order valence-electron chi connectivity index (χ0n) is 11.8. The fourth-order valence-electron chi connectivity index (χ4n) is 2.52. The van der Waals surface area contributed by atoms with Crippen LogP contribution in [0.3, 0.4) is 0 Å². The van der Waals surface area contributed by atoms with Gasteiger partial charge in [0.05, 0.1) is 23.3 Å². The average Bonchev–Trinajstić information content (AvgIpc) is 2.53. The van der Waals surface area contributed by atoms with Crippen molar-refractivity contribution in [2.24, 2.45) is 0 Å². The van der Waals surface area contributed by atoms with Crippen LogP contribution in [0.2, 0.25) is 0 Å². The molecule has 2 N–H and O–H groups in total. The number of hydrogen-bond acceptors (Lipinski definition) is 6. The Kier molecular flexibility index (Phi) is 5.02. The van der Waals surface area contributed by atoms with E-state index < -0.39 is 17.1 Å². The number of anilines is 1. The van der Waals surface area contributed by atoms with E-state index in [2.05, 4.69) is 15.9 Å². The van der Waals surface area contributed by atoms with E-state index in [1.807, 2.05) is 0 Å². The van der Waals surface area contributed by atoms with Gasteiger partial charge in [0, 0.05) is 30.2 Å². The summed E-state index contributed by atoms with van der Waals surface area (Å²) in [7, 11) is 0. The molecule has 1 amide bonds. The predicted molar refractivity (Wildman–Crippen MR) is 83.3 cm³/mol. The summed E-state index contributed by atoms with van der Waals surface area (Å²) in [5.41, 5.74) is 0.177. The van der Waals surface area contributed by atoms with Crippen molar-refractivity contribution in [3.8, 4) is 6.07 Å². The monoisotopic (exact) mass is 384 g/mol. The van der Waals surface area contributed by atoms with Crippen LogP contribution < -0.4 is 4.90 Å². The molecular formula is C13H13BrN4O5. The van der Waals surface area contributed by atoms with Crippen LogP contribution in [0.25, 0.3) is 0 Å². The number of carbonyl (C=O) groups is 1. The lowest BCUT2D eigenvalue weighted by Gasteiger charge is -2.40. The number of nitrogens with zero attached hydrogens (tertiary/aromatic N) is 4. The summed E-state index contributed by atoms with van der Waals surface area (Å²) in [4.78, 5) is 24.4. The van der Waals surface area contributed by atoms with E-state index in [0.717, 1.165) is 4.90 Å². The molecule has 0 saturated carbocycles. The number of halogens is 1. The van der Waals surface area contributed by atoms with Gasteiger partial charge in [-0.05, 0) is 22.0 Å². The second-order valence-corrected chi connectivity index (χ2v) is 5.80. The molecular weight excluding hydrogens is 372 g/mol. The van der Waals surface area contributed by atoms with E-state index in [1.54, 1.807) is 11.0 Å².